The van der Waals surface area contributed by atoms with Gasteiger partial charge in [-0.2, -0.15) is 5.10 Å². The SMILES string of the molecule is CCOC(=O)N1CCN(Cc2cn(C)nc2-c2ccc([N+](=O)[O-])cc2)CC1. The highest BCUT2D eigenvalue weighted by Crippen LogP contribution is 2.25. The summed E-state index contributed by atoms with van der Waals surface area (Å²) in [7, 11) is 1.86. The number of nitro groups is 1. The largest absolute Gasteiger partial charge is 0.450 e. The summed E-state index contributed by atoms with van der Waals surface area (Å²) < 4.78 is 6.80. The Bertz CT molecular complexity index is 810. The summed E-state index contributed by atoms with van der Waals surface area (Å²) in [4.78, 5) is 26.2. The van der Waals surface area contributed by atoms with Gasteiger partial charge in [-0.25, -0.2) is 4.79 Å². The number of carbonyl (C=O) groups is 1. The molecule has 1 amide bonds. The zero-order valence-corrected chi connectivity index (χ0v) is 15.5. The number of ether oxygens (including phenoxy) is 1. The molecule has 2 aromatic rings. The lowest BCUT2D eigenvalue weighted by Crippen LogP contribution is -2.48. The summed E-state index contributed by atoms with van der Waals surface area (Å²) in [6.07, 6.45) is 1.71. The summed E-state index contributed by atoms with van der Waals surface area (Å²) in [5.41, 5.74) is 2.78. The van der Waals surface area contributed by atoms with Gasteiger partial charge in [0.1, 0.15) is 0 Å². The molecule has 1 aliphatic heterocycles. The average Bonchev–Trinajstić information content (AvgIpc) is 3.02. The highest BCUT2D eigenvalue weighted by atomic mass is 16.6. The van der Waals surface area contributed by atoms with Gasteiger partial charge >= 0.3 is 6.09 Å². The predicted octanol–water partition coefficient (Wildman–Crippen LogP) is 2.27. The fourth-order valence-electron chi connectivity index (χ4n) is 3.18. The summed E-state index contributed by atoms with van der Waals surface area (Å²) in [6, 6.07) is 6.43. The summed E-state index contributed by atoms with van der Waals surface area (Å²) in [6.45, 7) is 5.67. The lowest BCUT2D eigenvalue weighted by molar-refractivity contribution is -0.384. The monoisotopic (exact) mass is 373 g/mol. The Labute approximate surface area is 157 Å². The van der Waals surface area contributed by atoms with E-state index in [1.54, 1.807) is 28.6 Å². The van der Waals surface area contributed by atoms with Crippen molar-refractivity contribution in [1.29, 1.82) is 0 Å². The van der Waals surface area contributed by atoms with Crippen molar-refractivity contribution in [2.45, 2.75) is 13.5 Å². The van der Waals surface area contributed by atoms with E-state index in [1.807, 2.05) is 13.2 Å². The van der Waals surface area contributed by atoms with Gasteiger partial charge in [0.05, 0.1) is 17.2 Å². The maximum Gasteiger partial charge on any atom is 0.409 e. The minimum Gasteiger partial charge on any atom is -0.450 e. The van der Waals surface area contributed by atoms with E-state index in [1.165, 1.54) is 12.1 Å². The van der Waals surface area contributed by atoms with Gasteiger partial charge in [0.15, 0.2) is 0 Å². The zero-order valence-electron chi connectivity index (χ0n) is 15.5. The van der Waals surface area contributed by atoms with Crippen LogP contribution in [-0.2, 0) is 18.3 Å². The maximum absolute atomic E-state index is 11.8. The maximum atomic E-state index is 11.8. The van der Waals surface area contributed by atoms with Gasteiger partial charge in [0, 0.05) is 69.2 Å². The van der Waals surface area contributed by atoms with E-state index in [2.05, 4.69) is 10.00 Å². The summed E-state index contributed by atoms with van der Waals surface area (Å²) in [5, 5.41) is 15.4. The van der Waals surface area contributed by atoms with Crippen LogP contribution in [-0.4, -0.2) is 63.4 Å². The van der Waals surface area contributed by atoms with E-state index < -0.39 is 4.92 Å². The van der Waals surface area contributed by atoms with E-state index in [4.69, 9.17) is 4.74 Å². The fraction of sp³-hybridized carbons (Fsp3) is 0.444. The highest BCUT2D eigenvalue weighted by molar-refractivity contribution is 5.67. The molecule has 9 heteroatoms. The predicted molar refractivity (Wildman–Crippen MR) is 99.2 cm³/mol. The number of aromatic nitrogens is 2. The van der Waals surface area contributed by atoms with Crippen molar-refractivity contribution in [3.05, 3.63) is 46.1 Å². The molecule has 0 spiro atoms. The van der Waals surface area contributed by atoms with Crippen molar-refractivity contribution >= 4 is 11.8 Å². The normalized spacial score (nSPS) is 15.0. The Hall–Kier alpha value is -2.94. The zero-order chi connectivity index (χ0) is 19.4. The molecule has 1 aromatic carbocycles. The van der Waals surface area contributed by atoms with Crippen LogP contribution in [0, 0.1) is 10.1 Å². The van der Waals surface area contributed by atoms with Crippen molar-refractivity contribution in [3.8, 4) is 11.3 Å². The Morgan fingerprint density at radius 2 is 1.89 bits per heavy atom. The van der Waals surface area contributed by atoms with Crippen molar-refractivity contribution in [2.75, 3.05) is 32.8 Å². The standard InChI is InChI=1S/C18H23N5O4/c1-3-27-18(24)22-10-8-21(9-11-22)13-15-12-20(2)19-17(15)14-4-6-16(7-5-14)23(25)26/h4-7,12H,3,8-11,13H2,1-2H3. The van der Waals surface area contributed by atoms with E-state index in [0.717, 1.165) is 29.9 Å². The molecule has 2 heterocycles. The van der Waals surface area contributed by atoms with Crippen LogP contribution in [0.2, 0.25) is 0 Å². The van der Waals surface area contributed by atoms with Crippen molar-refractivity contribution < 1.29 is 14.5 Å². The number of hydrogen-bond donors (Lipinski definition) is 0. The molecule has 27 heavy (non-hydrogen) atoms. The fourth-order valence-corrected chi connectivity index (χ4v) is 3.18. The van der Waals surface area contributed by atoms with Gasteiger partial charge < -0.3 is 9.64 Å². The van der Waals surface area contributed by atoms with Gasteiger partial charge in [-0.15, -0.1) is 0 Å². The quantitative estimate of drug-likeness (QED) is 0.589. The molecule has 0 saturated carbocycles. The molecular formula is C18H23N5O4. The third-order valence-corrected chi connectivity index (χ3v) is 4.55. The van der Waals surface area contributed by atoms with Crippen molar-refractivity contribution in [2.24, 2.45) is 7.05 Å². The molecule has 0 atom stereocenters. The van der Waals surface area contributed by atoms with Crippen LogP contribution in [0.15, 0.2) is 30.5 Å². The molecule has 1 aromatic heterocycles. The van der Waals surface area contributed by atoms with E-state index >= 15 is 0 Å². The van der Waals surface area contributed by atoms with Crippen molar-refractivity contribution in [3.63, 3.8) is 0 Å². The average molecular weight is 373 g/mol. The second-order valence-electron chi connectivity index (χ2n) is 6.44. The van der Waals surface area contributed by atoms with Crippen LogP contribution in [0.4, 0.5) is 10.5 Å². The Morgan fingerprint density at radius 1 is 1.22 bits per heavy atom. The number of nitrogens with zero attached hydrogens (tertiary/aromatic N) is 5. The Balaban J connectivity index is 1.68. The lowest BCUT2D eigenvalue weighted by atomic mass is 10.1. The van der Waals surface area contributed by atoms with Crippen LogP contribution in [0.1, 0.15) is 12.5 Å². The Kier molecular flexibility index (Phi) is 5.70. The van der Waals surface area contributed by atoms with Gasteiger partial charge in [-0.1, -0.05) is 0 Å². The molecule has 0 aliphatic carbocycles. The number of amides is 1. The van der Waals surface area contributed by atoms with Gasteiger partial charge in [0.25, 0.3) is 5.69 Å². The van der Waals surface area contributed by atoms with Crippen LogP contribution in [0.25, 0.3) is 11.3 Å². The van der Waals surface area contributed by atoms with Crippen LogP contribution >= 0.6 is 0 Å². The number of rotatable bonds is 5. The lowest BCUT2D eigenvalue weighted by Gasteiger charge is -2.33. The topological polar surface area (TPSA) is 93.7 Å². The molecule has 9 nitrogen and oxygen atoms in total. The van der Waals surface area contributed by atoms with E-state index in [-0.39, 0.29) is 11.8 Å². The van der Waals surface area contributed by atoms with Crippen LogP contribution in [0.3, 0.4) is 0 Å². The molecule has 144 valence electrons. The smallest absolute Gasteiger partial charge is 0.409 e. The Morgan fingerprint density at radius 3 is 2.48 bits per heavy atom. The molecule has 0 unspecified atom stereocenters. The minimum atomic E-state index is -0.411. The second-order valence-corrected chi connectivity index (χ2v) is 6.44. The number of nitro benzene ring substituents is 1. The van der Waals surface area contributed by atoms with Crippen LogP contribution in [0.5, 0.6) is 0 Å². The number of hydrogen-bond acceptors (Lipinski definition) is 6. The molecule has 0 N–H and O–H groups in total. The number of aryl methyl sites for hydroxylation is 1. The van der Waals surface area contributed by atoms with Gasteiger partial charge in [-0.05, 0) is 19.1 Å². The number of benzene rings is 1. The molecule has 0 bridgehead atoms. The number of non-ortho nitro benzene ring substituents is 1. The third-order valence-electron chi connectivity index (χ3n) is 4.55. The minimum absolute atomic E-state index is 0.0614. The summed E-state index contributed by atoms with van der Waals surface area (Å²) >= 11 is 0. The van der Waals surface area contributed by atoms with E-state index in [0.29, 0.717) is 26.2 Å². The second kappa shape index (κ2) is 8.17. The van der Waals surface area contributed by atoms with Crippen molar-refractivity contribution in [1.82, 2.24) is 19.6 Å². The first kappa shape index (κ1) is 18.8. The molecule has 1 aliphatic rings. The van der Waals surface area contributed by atoms with E-state index in [9.17, 15) is 14.9 Å². The number of carbonyl (C=O) groups excluding carboxylic acids is 1. The molecular weight excluding hydrogens is 350 g/mol. The molecule has 3 rings (SSSR count). The van der Waals surface area contributed by atoms with Gasteiger partial charge in [-0.3, -0.25) is 19.7 Å². The molecule has 0 radical (unpaired) electrons. The first-order valence-corrected chi connectivity index (χ1v) is 8.89. The first-order valence-electron chi connectivity index (χ1n) is 8.89. The third kappa shape index (κ3) is 4.43. The van der Waals surface area contributed by atoms with Crippen LogP contribution < -0.4 is 0 Å². The molecule has 1 fully saturated rings. The first-order chi connectivity index (χ1) is 13.0. The van der Waals surface area contributed by atoms with Gasteiger partial charge in [0.2, 0.25) is 0 Å². The summed E-state index contributed by atoms with van der Waals surface area (Å²) in [5.74, 6) is 0. The highest BCUT2D eigenvalue weighted by Gasteiger charge is 2.23. The number of piperazine rings is 1. The molecule has 1 saturated heterocycles.